The molecule has 0 N–H and O–H groups in total. The Balaban J connectivity index is 0. The third kappa shape index (κ3) is 90.2. The maximum atomic E-state index is 8.25. The summed E-state index contributed by atoms with van der Waals surface area (Å²) in [7, 11) is 0. The molecule has 0 aromatic rings. The number of hydrogen-bond donors (Lipinski definition) is 0. The molecule has 0 bridgehead atoms. The maximum absolute atomic E-state index is 8.25. The zero-order valence-electron chi connectivity index (χ0n) is 2.02. The first-order valence-corrected chi connectivity index (χ1v) is 1.13. The minimum atomic E-state index is 0.750. The Labute approximate surface area is 35.9 Å². The number of carbonyl (C=O) groups excluding carboxylic acids is 1. The summed E-state index contributed by atoms with van der Waals surface area (Å²) in [5.41, 5.74) is 0. The van der Waals surface area contributed by atoms with E-state index in [2.05, 4.69) is 0 Å². The van der Waals surface area contributed by atoms with E-state index in [9.17, 15) is 0 Å². The van der Waals surface area contributed by atoms with Crippen molar-refractivity contribution in [3.63, 3.8) is 0 Å². The normalized spacial score (nSPS) is 1.75. The summed E-state index contributed by atoms with van der Waals surface area (Å²) >= 11 is 0.750. The van der Waals surface area contributed by atoms with Crippen LogP contribution in [0.3, 0.4) is 0 Å². The summed E-state index contributed by atoms with van der Waals surface area (Å²) in [6.07, 6.45) is 0. The summed E-state index contributed by atoms with van der Waals surface area (Å²) in [6.45, 7) is 2.00. The molecule has 0 rings (SSSR count). The first kappa shape index (κ1) is 8.89. The summed E-state index contributed by atoms with van der Waals surface area (Å²) < 4.78 is 8.25. The van der Waals surface area contributed by atoms with Gasteiger partial charge in [0.25, 0.3) is 0 Å². The number of hydrogen-bond acceptors (Lipinski definition) is 2. The van der Waals surface area contributed by atoms with Crippen LogP contribution in [0.5, 0.6) is 0 Å². The molecule has 0 aliphatic heterocycles. The second kappa shape index (κ2) is 447. The standard InChI is InChI=1S/CH2O.O.Ti/c1-2;;/h1H2;;. The second-order valence-electron chi connectivity index (χ2n) is 0. The van der Waals surface area contributed by atoms with E-state index in [1.807, 2.05) is 6.79 Å². The Morgan fingerprint density at radius 3 is 1.25 bits per heavy atom. The van der Waals surface area contributed by atoms with Crippen LogP contribution in [0.2, 0.25) is 0 Å². The average Bonchev–Trinajstić information content (AvgIpc) is 1.50. The van der Waals surface area contributed by atoms with E-state index in [1.165, 1.54) is 0 Å². The molecule has 0 radical (unpaired) electrons. The Kier molecular flexibility index (Phi) is 995. The molecule has 0 aliphatic carbocycles. The van der Waals surface area contributed by atoms with Crippen molar-refractivity contribution < 1.29 is 28.5 Å². The van der Waals surface area contributed by atoms with Gasteiger partial charge in [-0.25, -0.2) is 0 Å². The predicted molar refractivity (Wildman–Crippen MR) is 7.81 cm³/mol. The molecule has 0 aromatic heterocycles. The van der Waals surface area contributed by atoms with Crippen molar-refractivity contribution in [2.45, 2.75) is 0 Å². The van der Waals surface area contributed by atoms with E-state index in [-0.39, 0.29) is 0 Å². The van der Waals surface area contributed by atoms with Crippen LogP contribution in [-0.2, 0) is 28.5 Å². The van der Waals surface area contributed by atoms with Crippen LogP contribution < -0.4 is 0 Å². The van der Waals surface area contributed by atoms with Gasteiger partial charge in [0, 0.05) is 0 Å². The molecular weight excluding hydrogens is 91.9 g/mol. The van der Waals surface area contributed by atoms with E-state index in [0.29, 0.717) is 0 Å². The van der Waals surface area contributed by atoms with Crippen LogP contribution in [0.4, 0.5) is 0 Å². The fraction of sp³-hybridized carbons (Fsp3) is 0. The van der Waals surface area contributed by atoms with E-state index < -0.39 is 0 Å². The second-order valence-corrected chi connectivity index (χ2v) is 0. The average molecular weight is 93.9 g/mol. The van der Waals surface area contributed by atoms with Crippen LogP contribution >= 0.6 is 0 Å². The van der Waals surface area contributed by atoms with Gasteiger partial charge in [-0.3, -0.25) is 0 Å². The first-order chi connectivity index (χ1) is 2.00. The molecule has 0 amide bonds. The molecule has 0 atom stereocenters. The van der Waals surface area contributed by atoms with Gasteiger partial charge in [-0.15, -0.1) is 0 Å². The zero-order valence-corrected chi connectivity index (χ0v) is 3.59. The fourth-order valence-electron chi connectivity index (χ4n) is 0. The minimum absolute atomic E-state index is 0.750. The van der Waals surface area contributed by atoms with Gasteiger partial charge in [-0.05, 0) is 0 Å². The van der Waals surface area contributed by atoms with Crippen molar-refractivity contribution in [1.82, 2.24) is 0 Å². The van der Waals surface area contributed by atoms with E-state index in [1.54, 1.807) is 0 Å². The van der Waals surface area contributed by atoms with Gasteiger partial charge < -0.3 is 4.79 Å². The molecule has 0 aliphatic rings. The molecule has 0 saturated carbocycles. The van der Waals surface area contributed by atoms with Crippen molar-refractivity contribution in [2.24, 2.45) is 0 Å². The summed E-state index contributed by atoms with van der Waals surface area (Å²) in [4.78, 5) is 8.00. The Morgan fingerprint density at radius 1 is 1.25 bits per heavy atom. The van der Waals surface area contributed by atoms with Crippen molar-refractivity contribution in [3.05, 3.63) is 0 Å². The van der Waals surface area contributed by atoms with Crippen molar-refractivity contribution >= 4 is 6.79 Å². The van der Waals surface area contributed by atoms with Crippen LogP contribution in [0, 0.1) is 0 Å². The molecule has 0 saturated heterocycles. The van der Waals surface area contributed by atoms with Crippen LogP contribution in [-0.4, -0.2) is 6.79 Å². The van der Waals surface area contributed by atoms with E-state index in [0.717, 1.165) is 20.4 Å². The molecule has 0 spiro atoms. The molecule has 0 fully saturated rings. The Morgan fingerprint density at radius 2 is 1.25 bits per heavy atom. The van der Waals surface area contributed by atoms with Gasteiger partial charge >= 0.3 is 23.7 Å². The Hall–Kier alpha value is 0.184. The fourth-order valence-corrected chi connectivity index (χ4v) is 0. The van der Waals surface area contributed by atoms with Crippen LogP contribution in [0.15, 0.2) is 0 Å². The molecule has 2 nitrogen and oxygen atoms in total. The third-order valence-electron chi connectivity index (χ3n) is 0. The van der Waals surface area contributed by atoms with Crippen molar-refractivity contribution in [3.8, 4) is 0 Å². The molecule has 0 unspecified atom stereocenters. The molecule has 4 heavy (non-hydrogen) atoms. The third-order valence-corrected chi connectivity index (χ3v) is 0. The molecule has 22 valence electrons. The summed E-state index contributed by atoms with van der Waals surface area (Å²) in [6, 6.07) is 0. The van der Waals surface area contributed by atoms with Crippen LogP contribution in [0.25, 0.3) is 0 Å². The number of carbonyl (C=O) groups is 1. The SMILES string of the molecule is C=O.[O]=[Ti]. The van der Waals surface area contributed by atoms with Gasteiger partial charge in [0.1, 0.15) is 6.79 Å². The van der Waals surface area contributed by atoms with Gasteiger partial charge in [-0.2, -0.15) is 0 Å². The van der Waals surface area contributed by atoms with Crippen molar-refractivity contribution in [1.29, 1.82) is 0 Å². The monoisotopic (exact) mass is 94.0 g/mol. The molecule has 3 heteroatoms. The predicted octanol–water partition coefficient (Wildman–Crippen LogP) is -0.306. The van der Waals surface area contributed by atoms with Gasteiger partial charge in [0.05, 0.1) is 0 Å². The van der Waals surface area contributed by atoms with Gasteiger partial charge in [0.15, 0.2) is 0 Å². The molecule has 0 aromatic carbocycles. The molecule has 0 heterocycles. The Bertz CT molecular complexity index is 8.00. The summed E-state index contributed by atoms with van der Waals surface area (Å²) in [5, 5.41) is 0. The zero-order chi connectivity index (χ0) is 4.00. The first-order valence-electron chi connectivity index (χ1n) is 0.493. The topological polar surface area (TPSA) is 34.1 Å². The van der Waals surface area contributed by atoms with Gasteiger partial charge in [-0.1, -0.05) is 0 Å². The molecular formula is CH2O2Ti. The number of rotatable bonds is 0. The summed E-state index contributed by atoms with van der Waals surface area (Å²) in [5.74, 6) is 0. The van der Waals surface area contributed by atoms with Crippen LogP contribution in [0.1, 0.15) is 0 Å². The van der Waals surface area contributed by atoms with E-state index in [4.69, 9.17) is 8.12 Å². The van der Waals surface area contributed by atoms with Gasteiger partial charge in [0.2, 0.25) is 0 Å². The van der Waals surface area contributed by atoms with E-state index >= 15 is 0 Å². The quantitative estimate of drug-likeness (QED) is 0.386. The van der Waals surface area contributed by atoms with Crippen molar-refractivity contribution in [2.75, 3.05) is 0 Å².